The van der Waals surface area contributed by atoms with Gasteiger partial charge in [0.05, 0.1) is 5.69 Å². The van der Waals surface area contributed by atoms with E-state index in [1.807, 2.05) is 68.8 Å². The fourth-order valence-electron chi connectivity index (χ4n) is 4.08. The van der Waals surface area contributed by atoms with Gasteiger partial charge in [-0.25, -0.2) is 4.79 Å². The Morgan fingerprint density at radius 3 is 2.68 bits per heavy atom. The van der Waals surface area contributed by atoms with Crippen molar-refractivity contribution in [2.24, 2.45) is 16.5 Å². The summed E-state index contributed by atoms with van der Waals surface area (Å²) in [7, 11) is 4.04. The van der Waals surface area contributed by atoms with E-state index in [-0.39, 0.29) is 18.2 Å². The lowest BCUT2D eigenvalue weighted by Crippen LogP contribution is -2.51. The second kappa shape index (κ2) is 12.3. The predicted octanol–water partition coefficient (Wildman–Crippen LogP) is 1.76. The van der Waals surface area contributed by atoms with Gasteiger partial charge in [-0.3, -0.25) is 9.89 Å². The second-order valence-electron chi connectivity index (χ2n) is 9.24. The molecule has 0 aromatic heterocycles. The van der Waals surface area contributed by atoms with E-state index in [9.17, 15) is 4.79 Å². The molecule has 0 spiro atoms. The van der Waals surface area contributed by atoms with Crippen molar-refractivity contribution in [3.05, 3.63) is 77.5 Å². The fourth-order valence-corrected chi connectivity index (χ4v) is 4.08. The average Bonchev–Trinajstić information content (AvgIpc) is 3.28. The van der Waals surface area contributed by atoms with Crippen LogP contribution in [0.3, 0.4) is 0 Å². The van der Waals surface area contributed by atoms with Crippen LogP contribution in [-0.4, -0.2) is 63.4 Å². The third kappa shape index (κ3) is 7.02. The summed E-state index contributed by atoms with van der Waals surface area (Å²) in [5, 5.41) is 9.84. The number of rotatable bonds is 12. The molecule has 2 aromatic rings. The number of urea groups is 1. The molecule has 2 heterocycles. The molecule has 2 aliphatic heterocycles. The number of hydrogen-bond donors (Lipinski definition) is 5. The lowest BCUT2D eigenvalue weighted by atomic mass is 10.1. The molecule has 0 fully saturated rings. The zero-order chi connectivity index (χ0) is 26.2. The quantitative estimate of drug-likeness (QED) is 0.169. The van der Waals surface area contributed by atoms with E-state index in [0.29, 0.717) is 13.2 Å². The van der Waals surface area contributed by atoms with Gasteiger partial charge in [-0.1, -0.05) is 24.3 Å². The number of fused-ring (bicyclic) bond motifs is 1. The Kier molecular flexibility index (Phi) is 8.65. The lowest BCUT2D eigenvalue weighted by Gasteiger charge is -2.29. The fraction of sp³-hybridized carbons (Fsp3) is 0.333. The predicted molar refractivity (Wildman–Crippen MR) is 148 cm³/mol. The minimum Gasteiger partial charge on any atom is -0.492 e. The van der Waals surface area contributed by atoms with E-state index in [2.05, 4.69) is 31.9 Å². The number of amides is 2. The van der Waals surface area contributed by atoms with E-state index in [0.717, 1.165) is 59.9 Å². The number of guanidine groups is 1. The molecule has 196 valence electrons. The molecule has 0 aliphatic carbocycles. The molecule has 2 aromatic carbocycles. The largest absolute Gasteiger partial charge is 0.492 e. The van der Waals surface area contributed by atoms with Crippen molar-refractivity contribution >= 4 is 23.4 Å². The first-order valence-corrected chi connectivity index (χ1v) is 12.4. The Balaban J connectivity index is 1.40. The van der Waals surface area contributed by atoms with Crippen LogP contribution in [0.1, 0.15) is 17.5 Å². The number of hydrogen-bond acceptors (Lipinski definition) is 6. The van der Waals surface area contributed by atoms with E-state index < -0.39 is 0 Å². The molecule has 0 bridgehead atoms. The summed E-state index contributed by atoms with van der Waals surface area (Å²) in [6.07, 6.45) is 4.52. The first-order chi connectivity index (χ1) is 17.9. The van der Waals surface area contributed by atoms with Crippen LogP contribution in [0.4, 0.5) is 10.5 Å². The summed E-state index contributed by atoms with van der Waals surface area (Å²) in [6.45, 7) is 3.56. The zero-order valence-electron chi connectivity index (χ0n) is 21.4. The zero-order valence-corrected chi connectivity index (χ0v) is 21.4. The van der Waals surface area contributed by atoms with Gasteiger partial charge >= 0.3 is 6.03 Å². The van der Waals surface area contributed by atoms with Crippen LogP contribution in [0.5, 0.6) is 5.75 Å². The average molecular weight is 505 g/mol. The number of nitrogens with two attached hydrogens (primary N) is 2. The summed E-state index contributed by atoms with van der Waals surface area (Å²) in [5.41, 5.74) is 15.5. The van der Waals surface area contributed by atoms with Crippen LogP contribution in [0.25, 0.3) is 5.70 Å². The molecular weight excluding hydrogens is 468 g/mol. The third-order valence-electron chi connectivity index (χ3n) is 6.03. The number of nitrogens with zero attached hydrogens (tertiary/aromatic N) is 3. The van der Waals surface area contributed by atoms with Crippen LogP contribution < -0.4 is 37.1 Å². The third-order valence-corrected chi connectivity index (χ3v) is 6.03. The highest BCUT2D eigenvalue weighted by atomic mass is 16.5. The molecule has 0 radical (unpaired) electrons. The van der Waals surface area contributed by atoms with E-state index in [1.165, 1.54) is 0 Å². The van der Waals surface area contributed by atoms with Crippen LogP contribution in [-0.2, 0) is 6.54 Å². The van der Waals surface area contributed by atoms with Crippen molar-refractivity contribution in [2.75, 3.05) is 45.2 Å². The molecule has 1 unspecified atom stereocenters. The summed E-state index contributed by atoms with van der Waals surface area (Å²) in [6, 6.07) is 15.7. The second-order valence-corrected chi connectivity index (χ2v) is 9.24. The normalized spacial score (nSPS) is 16.5. The maximum absolute atomic E-state index is 12.9. The van der Waals surface area contributed by atoms with Gasteiger partial charge in [0.2, 0.25) is 0 Å². The number of carbonyl (C=O) groups excluding carboxylic acids is 1. The Morgan fingerprint density at radius 1 is 1.14 bits per heavy atom. The minimum atomic E-state index is -0.281. The Bertz CT molecular complexity index is 1170. The highest BCUT2D eigenvalue weighted by molar-refractivity contribution is 5.96. The van der Waals surface area contributed by atoms with Gasteiger partial charge < -0.3 is 37.1 Å². The van der Waals surface area contributed by atoms with Crippen molar-refractivity contribution < 1.29 is 9.53 Å². The van der Waals surface area contributed by atoms with Crippen molar-refractivity contribution in [1.82, 2.24) is 20.9 Å². The number of ether oxygens (including phenoxy) is 1. The number of benzene rings is 2. The number of anilines is 1. The number of likely N-dealkylation sites (N-methyl/N-ethyl adjacent to an activating group) is 1. The monoisotopic (exact) mass is 504 g/mol. The van der Waals surface area contributed by atoms with Crippen LogP contribution in [0.2, 0.25) is 0 Å². The van der Waals surface area contributed by atoms with Gasteiger partial charge in [-0.15, -0.1) is 0 Å². The number of carbonyl (C=O) groups is 1. The smallest absolute Gasteiger partial charge is 0.327 e. The van der Waals surface area contributed by atoms with Gasteiger partial charge in [0.15, 0.2) is 5.96 Å². The summed E-state index contributed by atoms with van der Waals surface area (Å²) in [4.78, 5) is 20.6. The van der Waals surface area contributed by atoms with Crippen molar-refractivity contribution in [3.63, 3.8) is 0 Å². The minimum absolute atomic E-state index is 0.119. The Hall–Kier alpha value is -4.02. The van der Waals surface area contributed by atoms with E-state index in [1.54, 1.807) is 4.90 Å². The van der Waals surface area contributed by atoms with Gasteiger partial charge in [-0.2, -0.15) is 0 Å². The molecule has 1 atom stereocenters. The molecule has 7 N–H and O–H groups in total. The molecular formula is C27H36N8O2. The Morgan fingerprint density at radius 2 is 1.92 bits per heavy atom. The molecule has 0 saturated heterocycles. The van der Waals surface area contributed by atoms with Gasteiger partial charge in [0.1, 0.15) is 18.5 Å². The summed E-state index contributed by atoms with van der Waals surface area (Å²) < 4.78 is 6.03. The first-order valence-electron chi connectivity index (χ1n) is 12.4. The molecule has 37 heavy (non-hydrogen) atoms. The summed E-state index contributed by atoms with van der Waals surface area (Å²) >= 11 is 0. The van der Waals surface area contributed by atoms with Gasteiger partial charge in [0, 0.05) is 42.7 Å². The van der Waals surface area contributed by atoms with Crippen molar-refractivity contribution in [3.8, 4) is 5.75 Å². The maximum Gasteiger partial charge on any atom is 0.327 e. The first kappa shape index (κ1) is 26.1. The topological polar surface area (TPSA) is 133 Å². The molecule has 10 nitrogen and oxygen atoms in total. The van der Waals surface area contributed by atoms with Crippen LogP contribution >= 0.6 is 0 Å². The van der Waals surface area contributed by atoms with E-state index >= 15 is 0 Å². The number of nitrogens with one attached hydrogen (secondary N) is 3. The van der Waals surface area contributed by atoms with Gasteiger partial charge in [-0.05, 0) is 63.0 Å². The molecule has 10 heteroatoms. The molecule has 2 aliphatic rings. The van der Waals surface area contributed by atoms with Crippen LogP contribution in [0, 0.1) is 0 Å². The number of aliphatic imine (C=N–C) groups is 1. The Labute approximate surface area is 218 Å². The molecule has 4 rings (SSSR count). The highest BCUT2D eigenvalue weighted by Gasteiger charge is 2.31. The molecule has 0 saturated carbocycles. The maximum atomic E-state index is 12.9. The SMILES string of the molecule is CN(C)CCOc1ccccc1C1=CC2=CN(c3ccc(CNCCCN=C(N)N)cc3)C(=O)NC2N1. The highest BCUT2D eigenvalue weighted by Crippen LogP contribution is 2.32. The molecule has 2 amide bonds. The van der Waals surface area contributed by atoms with Crippen molar-refractivity contribution in [1.29, 1.82) is 0 Å². The van der Waals surface area contributed by atoms with Gasteiger partial charge in [0.25, 0.3) is 0 Å². The lowest BCUT2D eigenvalue weighted by molar-refractivity contribution is 0.244. The van der Waals surface area contributed by atoms with Crippen LogP contribution in [0.15, 0.2) is 71.4 Å². The van der Waals surface area contributed by atoms with E-state index in [4.69, 9.17) is 16.2 Å². The standard InChI is InChI=1S/C27H36N8O2/c1-34(2)14-15-37-24-7-4-3-6-22(24)23-16-20-18-35(27(36)33-25(20)32-23)21-10-8-19(9-11-21)17-30-12-5-13-31-26(28)29/h3-4,6-11,16,18,25,30,32H,5,12-15,17H2,1-2H3,(H,33,36)(H4,28,29,31). The van der Waals surface area contributed by atoms with Crippen molar-refractivity contribution in [2.45, 2.75) is 19.1 Å². The summed E-state index contributed by atoms with van der Waals surface area (Å²) in [5.74, 6) is 0.930. The number of para-hydroxylation sites is 1.